The van der Waals surface area contributed by atoms with Crippen molar-refractivity contribution in [2.75, 3.05) is 13.7 Å². The summed E-state index contributed by atoms with van der Waals surface area (Å²) < 4.78 is 9.56. The van der Waals surface area contributed by atoms with Crippen molar-refractivity contribution in [3.63, 3.8) is 0 Å². The lowest BCUT2D eigenvalue weighted by Gasteiger charge is -2.03. The number of esters is 1. The van der Waals surface area contributed by atoms with E-state index >= 15 is 0 Å². The van der Waals surface area contributed by atoms with Gasteiger partial charge < -0.3 is 9.47 Å². The van der Waals surface area contributed by atoms with Crippen LogP contribution in [0.2, 0.25) is 5.02 Å². The van der Waals surface area contributed by atoms with Crippen LogP contribution in [0.25, 0.3) is 6.08 Å². The molecule has 0 saturated carbocycles. The zero-order chi connectivity index (χ0) is 14.4. The number of nitrogens with zero attached hydrogens (tertiary/aromatic N) is 1. The number of carbonyl (C=O) groups excluding carboxylic acids is 1. The van der Waals surface area contributed by atoms with Gasteiger partial charge in [0.1, 0.15) is 5.75 Å². The Hall–Kier alpha value is -2.08. The number of hydrogen-bond acceptors (Lipinski definition) is 5. The number of benzene rings is 1. The molecule has 1 aromatic carbocycles. The van der Waals surface area contributed by atoms with Gasteiger partial charge in [-0.05, 0) is 25.1 Å². The van der Waals surface area contributed by atoms with Gasteiger partial charge in [0.05, 0.1) is 23.7 Å². The molecular weight excluding hydrogens is 274 g/mol. The molecule has 0 amide bonds. The maximum atomic E-state index is 11.4. The number of hydrogen-bond donors (Lipinski definition) is 0. The van der Waals surface area contributed by atoms with Crippen LogP contribution >= 0.6 is 11.6 Å². The van der Waals surface area contributed by atoms with Gasteiger partial charge in [-0.2, -0.15) is 0 Å². The van der Waals surface area contributed by atoms with E-state index in [2.05, 4.69) is 4.74 Å². The maximum absolute atomic E-state index is 11.4. The molecule has 0 radical (unpaired) electrons. The fraction of sp³-hybridized carbons (Fsp3) is 0.250. The van der Waals surface area contributed by atoms with Crippen molar-refractivity contribution >= 4 is 23.6 Å². The van der Waals surface area contributed by atoms with Crippen LogP contribution in [0.3, 0.4) is 0 Å². The lowest BCUT2D eigenvalue weighted by atomic mass is 10.2. The molecule has 0 fully saturated rings. The Balaban J connectivity index is 3.15. The second-order valence-corrected chi connectivity index (χ2v) is 3.80. The van der Waals surface area contributed by atoms with Crippen LogP contribution in [0.1, 0.15) is 12.5 Å². The fourth-order valence-electron chi connectivity index (χ4n) is 1.29. The highest BCUT2D eigenvalue weighted by atomic mass is 35.5. The normalized spacial score (nSPS) is 11.0. The third kappa shape index (κ3) is 3.96. The largest absolute Gasteiger partial charge is 0.497 e. The number of ether oxygens (including phenoxy) is 2. The van der Waals surface area contributed by atoms with Gasteiger partial charge in [0.25, 0.3) is 0 Å². The quantitative estimate of drug-likeness (QED) is 0.359. The molecule has 0 bridgehead atoms. The highest BCUT2D eigenvalue weighted by molar-refractivity contribution is 6.32. The lowest BCUT2D eigenvalue weighted by molar-refractivity contribution is -0.419. The average molecular weight is 286 g/mol. The van der Waals surface area contributed by atoms with Gasteiger partial charge in [-0.1, -0.05) is 11.6 Å². The Bertz CT molecular complexity index is 527. The summed E-state index contributed by atoms with van der Waals surface area (Å²) in [4.78, 5) is 21.4. The van der Waals surface area contributed by atoms with E-state index in [-0.39, 0.29) is 11.6 Å². The predicted octanol–water partition coefficient (Wildman–Crippen LogP) is 2.53. The first-order chi connectivity index (χ1) is 8.99. The molecule has 7 heteroatoms. The third-order valence-corrected chi connectivity index (χ3v) is 2.51. The maximum Gasteiger partial charge on any atom is 0.409 e. The smallest absolute Gasteiger partial charge is 0.409 e. The van der Waals surface area contributed by atoms with E-state index in [1.807, 2.05) is 0 Å². The Labute approximate surface area is 114 Å². The Kier molecular flexibility index (Phi) is 5.32. The van der Waals surface area contributed by atoms with E-state index in [1.165, 1.54) is 19.2 Å². The molecule has 0 heterocycles. The molecule has 0 atom stereocenters. The van der Waals surface area contributed by atoms with Gasteiger partial charge in [-0.25, -0.2) is 4.79 Å². The zero-order valence-corrected chi connectivity index (χ0v) is 11.1. The molecule has 0 N–H and O–H groups in total. The summed E-state index contributed by atoms with van der Waals surface area (Å²) in [6.07, 6.45) is 1.07. The van der Waals surface area contributed by atoms with Crippen molar-refractivity contribution in [2.45, 2.75) is 6.92 Å². The van der Waals surface area contributed by atoms with Crippen LogP contribution in [0.15, 0.2) is 23.9 Å². The molecule has 0 aliphatic rings. The van der Waals surface area contributed by atoms with Crippen LogP contribution in [-0.4, -0.2) is 24.6 Å². The predicted molar refractivity (Wildman–Crippen MR) is 69.6 cm³/mol. The van der Waals surface area contributed by atoms with Crippen LogP contribution in [0.5, 0.6) is 5.75 Å². The van der Waals surface area contributed by atoms with Gasteiger partial charge in [0, 0.05) is 11.6 Å². The van der Waals surface area contributed by atoms with Crippen molar-refractivity contribution in [1.82, 2.24) is 0 Å². The van der Waals surface area contributed by atoms with Gasteiger partial charge in [-0.15, -0.1) is 0 Å². The summed E-state index contributed by atoms with van der Waals surface area (Å²) in [5.74, 6) is -0.486. The Morgan fingerprint density at radius 2 is 2.21 bits per heavy atom. The van der Waals surface area contributed by atoms with Crippen molar-refractivity contribution in [2.24, 2.45) is 0 Å². The zero-order valence-electron chi connectivity index (χ0n) is 10.4. The Morgan fingerprint density at radius 3 is 2.68 bits per heavy atom. The minimum atomic E-state index is -1.00. The molecule has 0 aliphatic carbocycles. The van der Waals surface area contributed by atoms with E-state index in [9.17, 15) is 14.9 Å². The number of halogens is 1. The van der Waals surface area contributed by atoms with Crippen LogP contribution < -0.4 is 4.74 Å². The first-order valence-corrected chi connectivity index (χ1v) is 5.74. The fourth-order valence-corrected chi connectivity index (χ4v) is 1.52. The van der Waals surface area contributed by atoms with E-state index in [4.69, 9.17) is 16.3 Å². The number of rotatable bonds is 5. The van der Waals surface area contributed by atoms with Crippen molar-refractivity contribution < 1.29 is 19.2 Å². The number of methoxy groups -OCH3 is 1. The second kappa shape index (κ2) is 6.75. The monoisotopic (exact) mass is 285 g/mol. The minimum Gasteiger partial charge on any atom is -0.497 e. The molecule has 19 heavy (non-hydrogen) atoms. The highest BCUT2D eigenvalue weighted by Gasteiger charge is 2.23. The first-order valence-electron chi connectivity index (χ1n) is 5.36. The van der Waals surface area contributed by atoms with Gasteiger partial charge >= 0.3 is 11.7 Å². The third-order valence-electron chi connectivity index (χ3n) is 2.18. The van der Waals surface area contributed by atoms with Gasteiger partial charge in [0.15, 0.2) is 0 Å². The standard InChI is InChI=1S/C12H12ClNO5/c1-3-19-12(15)11(14(16)17)6-8-4-5-9(18-2)7-10(8)13/h4-7H,3H2,1-2H3/b11-6-. The number of nitro groups is 1. The summed E-state index contributed by atoms with van der Waals surface area (Å²) >= 11 is 5.94. The van der Waals surface area contributed by atoms with E-state index in [0.29, 0.717) is 11.3 Å². The highest BCUT2D eigenvalue weighted by Crippen LogP contribution is 2.24. The minimum absolute atomic E-state index is 0.0559. The molecule has 0 aliphatic heterocycles. The van der Waals surface area contributed by atoms with E-state index in [0.717, 1.165) is 6.08 Å². The molecule has 6 nitrogen and oxygen atoms in total. The molecule has 0 saturated heterocycles. The average Bonchev–Trinajstić information content (AvgIpc) is 2.36. The summed E-state index contributed by atoms with van der Waals surface area (Å²) in [5, 5.41) is 11.1. The summed E-state index contributed by atoms with van der Waals surface area (Å²) in [6, 6.07) is 4.60. The van der Waals surface area contributed by atoms with Gasteiger partial charge in [0.2, 0.25) is 0 Å². The van der Waals surface area contributed by atoms with Crippen LogP contribution in [0, 0.1) is 10.1 Å². The molecule has 1 rings (SSSR count). The van der Waals surface area contributed by atoms with Crippen LogP contribution in [-0.2, 0) is 9.53 Å². The molecule has 0 spiro atoms. The van der Waals surface area contributed by atoms with Crippen molar-refractivity contribution in [3.05, 3.63) is 44.6 Å². The van der Waals surface area contributed by atoms with E-state index in [1.54, 1.807) is 13.0 Å². The van der Waals surface area contributed by atoms with Crippen LogP contribution in [0.4, 0.5) is 0 Å². The molecule has 102 valence electrons. The SMILES string of the molecule is CCOC(=O)/C(=C/c1ccc(OC)cc1Cl)[N+](=O)[O-]. The molecule has 1 aromatic rings. The summed E-state index contributed by atoms with van der Waals surface area (Å²) in [7, 11) is 1.47. The second-order valence-electron chi connectivity index (χ2n) is 3.39. The Morgan fingerprint density at radius 1 is 1.53 bits per heavy atom. The topological polar surface area (TPSA) is 78.7 Å². The van der Waals surface area contributed by atoms with Gasteiger partial charge in [-0.3, -0.25) is 10.1 Å². The van der Waals surface area contributed by atoms with Crippen molar-refractivity contribution in [1.29, 1.82) is 0 Å². The molecule has 0 unspecified atom stereocenters. The molecular formula is C12H12ClNO5. The number of carbonyl (C=O) groups is 1. The summed E-state index contributed by atoms with van der Waals surface area (Å²) in [6.45, 7) is 1.62. The summed E-state index contributed by atoms with van der Waals surface area (Å²) in [5.41, 5.74) is -0.337. The lowest BCUT2D eigenvalue weighted by Crippen LogP contribution is -2.14. The molecule has 0 aromatic heterocycles. The van der Waals surface area contributed by atoms with Crippen molar-refractivity contribution in [3.8, 4) is 5.75 Å². The first kappa shape index (κ1) is 15.0. The van der Waals surface area contributed by atoms with E-state index < -0.39 is 16.6 Å².